The van der Waals surface area contributed by atoms with Gasteiger partial charge in [0, 0.05) is 24.2 Å². The van der Waals surface area contributed by atoms with Gasteiger partial charge in [0.1, 0.15) is 9.71 Å². The summed E-state index contributed by atoms with van der Waals surface area (Å²) in [5.74, 6) is 0.298. The number of rotatable bonds is 4. The largest absolute Gasteiger partial charge is 0.481 e. The van der Waals surface area contributed by atoms with Crippen molar-refractivity contribution in [1.82, 2.24) is 20.5 Å². The topological polar surface area (TPSA) is 103 Å². The van der Waals surface area contributed by atoms with Crippen LogP contribution in [0, 0.1) is 13.8 Å². The van der Waals surface area contributed by atoms with E-state index in [1.165, 1.54) is 11.3 Å². The van der Waals surface area contributed by atoms with E-state index < -0.39 is 0 Å². The van der Waals surface area contributed by atoms with Crippen LogP contribution >= 0.6 is 11.3 Å². The van der Waals surface area contributed by atoms with Crippen LogP contribution in [0.1, 0.15) is 26.5 Å². The second-order valence-electron chi connectivity index (χ2n) is 5.33. The SMILES string of the molecule is COc1ccc(CNC(=O)c2sc3nnc(C)c(C)c3c2N)cn1. The van der Waals surface area contributed by atoms with Crippen LogP contribution in [-0.4, -0.2) is 28.2 Å². The first-order valence-corrected chi connectivity index (χ1v) is 8.12. The molecule has 3 aromatic rings. The number of nitrogens with two attached hydrogens (primary N) is 1. The molecule has 0 saturated heterocycles. The second kappa shape index (κ2) is 6.40. The van der Waals surface area contributed by atoms with Crippen LogP contribution in [-0.2, 0) is 6.54 Å². The molecular weight excluding hydrogens is 326 g/mol. The predicted octanol–water partition coefficient (Wildman–Crippen LogP) is 2.22. The number of aromatic nitrogens is 3. The van der Waals surface area contributed by atoms with Gasteiger partial charge in [-0.2, -0.15) is 5.10 Å². The molecule has 1 amide bonds. The zero-order valence-electron chi connectivity index (χ0n) is 13.6. The molecule has 0 atom stereocenters. The van der Waals surface area contributed by atoms with Gasteiger partial charge in [-0.25, -0.2) is 4.98 Å². The summed E-state index contributed by atoms with van der Waals surface area (Å²) in [6.45, 7) is 4.16. The normalized spacial score (nSPS) is 10.8. The number of anilines is 1. The Morgan fingerprint density at radius 1 is 1.33 bits per heavy atom. The van der Waals surface area contributed by atoms with E-state index >= 15 is 0 Å². The van der Waals surface area contributed by atoms with Crippen LogP contribution in [0.4, 0.5) is 5.69 Å². The minimum absolute atomic E-state index is 0.233. The molecule has 0 fully saturated rings. The number of nitrogens with one attached hydrogen (secondary N) is 1. The molecule has 0 bridgehead atoms. The quantitative estimate of drug-likeness (QED) is 0.753. The fraction of sp³-hybridized carbons (Fsp3) is 0.250. The molecule has 24 heavy (non-hydrogen) atoms. The number of carbonyl (C=O) groups excluding carboxylic acids is 1. The van der Waals surface area contributed by atoms with Crippen molar-refractivity contribution in [3.8, 4) is 5.88 Å². The number of hydrogen-bond donors (Lipinski definition) is 2. The highest BCUT2D eigenvalue weighted by atomic mass is 32.1. The highest BCUT2D eigenvalue weighted by Crippen LogP contribution is 2.34. The second-order valence-corrected chi connectivity index (χ2v) is 6.33. The lowest BCUT2D eigenvalue weighted by molar-refractivity contribution is 0.0956. The van der Waals surface area contributed by atoms with Gasteiger partial charge in [0.05, 0.1) is 18.5 Å². The maximum atomic E-state index is 12.5. The maximum Gasteiger partial charge on any atom is 0.263 e. The third-order valence-electron chi connectivity index (χ3n) is 3.80. The van der Waals surface area contributed by atoms with Crippen molar-refractivity contribution in [2.75, 3.05) is 12.8 Å². The van der Waals surface area contributed by atoms with Crippen LogP contribution in [0.2, 0.25) is 0 Å². The van der Waals surface area contributed by atoms with Crippen LogP contribution in [0.15, 0.2) is 18.3 Å². The first kappa shape index (κ1) is 16.1. The molecule has 0 aliphatic heterocycles. The van der Waals surface area contributed by atoms with Gasteiger partial charge in [-0.15, -0.1) is 16.4 Å². The van der Waals surface area contributed by atoms with E-state index in [1.54, 1.807) is 19.4 Å². The Hall–Kier alpha value is -2.74. The van der Waals surface area contributed by atoms with Gasteiger partial charge in [0.2, 0.25) is 5.88 Å². The number of amides is 1. The van der Waals surface area contributed by atoms with Gasteiger partial charge in [-0.05, 0) is 25.0 Å². The van der Waals surface area contributed by atoms with Crippen molar-refractivity contribution < 1.29 is 9.53 Å². The number of thiophene rings is 1. The summed E-state index contributed by atoms with van der Waals surface area (Å²) in [6.07, 6.45) is 1.66. The molecule has 0 saturated carbocycles. The lowest BCUT2D eigenvalue weighted by Crippen LogP contribution is -2.22. The number of nitrogens with zero attached hydrogens (tertiary/aromatic N) is 3. The van der Waals surface area contributed by atoms with Gasteiger partial charge >= 0.3 is 0 Å². The predicted molar refractivity (Wildman–Crippen MR) is 93.3 cm³/mol. The molecule has 8 heteroatoms. The lowest BCUT2D eigenvalue weighted by atomic mass is 10.1. The molecule has 124 valence electrons. The maximum absolute atomic E-state index is 12.5. The van der Waals surface area contributed by atoms with Crippen molar-refractivity contribution >= 4 is 33.1 Å². The number of aryl methyl sites for hydroxylation is 2. The van der Waals surface area contributed by atoms with E-state index in [1.807, 2.05) is 19.9 Å². The average Bonchev–Trinajstić information content (AvgIpc) is 2.94. The van der Waals surface area contributed by atoms with Crippen LogP contribution in [0.25, 0.3) is 10.2 Å². The molecule has 0 aliphatic carbocycles. The zero-order chi connectivity index (χ0) is 17.3. The highest BCUT2D eigenvalue weighted by Gasteiger charge is 2.19. The third-order valence-corrected chi connectivity index (χ3v) is 4.89. The average molecular weight is 343 g/mol. The minimum atomic E-state index is -0.233. The molecular formula is C16H17N5O2S. The molecule has 0 aliphatic rings. The van der Waals surface area contributed by atoms with E-state index in [0.717, 1.165) is 22.2 Å². The Labute approximate surface area is 142 Å². The van der Waals surface area contributed by atoms with Crippen molar-refractivity contribution in [1.29, 1.82) is 0 Å². The summed E-state index contributed by atoms with van der Waals surface area (Å²) >= 11 is 1.25. The van der Waals surface area contributed by atoms with E-state index in [0.29, 0.717) is 27.8 Å². The first-order valence-electron chi connectivity index (χ1n) is 7.30. The molecule has 0 radical (unpaired) electrons. The molecule has 3 N–H and O–H groups in total. The van der Waals surface area contributed by atoms with Gasteiger partial charge in [0.25, 0.3) is 5.91 Å². The Balaban J connectivity index is 1.81. The first-order chi connectivity index (χ1) is 11.5. The van der Waals surface area contributed by atoms with Crippen molar-refractivity contribution in [2.45, 2.75) is 20.4 Å². The van der Waals surface area contributed by atoms with Gasteiger partial charge in [-0.1, -0.05) is 6.07 Å². The van der Waals surface area contributed by atoms with Gasteiger partial charge < -0.3 is 15.8 Å². The fourth-order valence-electron chi connectivity index (χ4n) is 2.31. The van der Waals surface area contributed by atoms with E-state index in [2.05, 4.69) is 20.5 Å². The van der Waals surface area contributed by atoms with Crippen LogP contribution < -0.4 is 15.8 Å². The number of fused-ring (bicyclic) bond motifs is 1. The molecule has 3 heterocycles. The molecule has 3 aromatic heterocycles. The Morgan fingerprint density at radius 3 is 2.79 bits per heavy atom. The Kier molecular flexibility index (Phi) is 4.30. The standard InChI is InChI=1S/C16H17N5O2S/c1-8-9(2)20-21-16-12(8)13(17)14(24-16)15(22)19-7-10-4-5-11(23-3)18-6-10/h4-6H,7,17H2,1-3H3,(H,19,22). The Morgan fingerprint density at radius 2 is 2.12 bits per heavy atom. The monoisotopic (exact) mass is 343 g/mol. The highest BCUT2D eigenvalue weighted by molar-refractivity contribution is 7.21. The summed E-state index contributed by atoms with van der Waals surface area (Å²) in [6, 6.07) is 3.59. The van der Waals surface area contributed by atoms with E-state index in [9.17, 15) is 4.79 Å². The van der Waals surface area contributed by atoms with E-state index in [-0.39, 0.29) is 5.91 Å². The van der Waals surface area contributed by atoms with Crippen molar-refractivity contribution in [2.24, 2.45) is 0 Å². The number of nitrogen functional groups attached to an aromatic ring is 1. The van der Waals surface area contributed by atoms with Crippen LogP contribution in [0.5, 0.6) is 5.88 Å². The van der Waals surface area contributed by atoms with Gasteiger partial charge in [0.15, 0.2) is 0 Å². The number of pyridine rings is 1. The molecule has 7 nitrogen and oxygen atoms in total. The smallest absolute Gasteiger partial charge is 0.263 e. The number of methoxy groups -OCH3 is 1. The van der Waals surface area contributed by atoms with Crippen molar-refractivity contribution in [3.05, 3.63) is 40.0 Å². The molecule has 3 rings (SSSR count). The molecule has 0 spiro atoms. The summed E-state index contributed by atoms with van der Waals surface area (Å²) in [5.41, 5.74) is 9.25. The van der Waals surface area contributed by atoms with E-state index in [4.69, 9.17) is 10.5 Å². The number of hydrogen-bond acceptors (Lipinski definition) is 7. The summed E-state index contributed by atoms with van der Waals surface area (Å²) in [7, 11) is 1.56. The molecule has 0 aromatic carbocycles. The number of ether oxygens (including phenoxy) is 1. The van der Waals surface area contributed by atoms with Gasteiger partial charge in [-0.3, -0.25) is 4.79 Å². The van der Waals surface area contributed by atoms with Crippen LogP contribution in [0.3, 0.4) is 0 Å². The zero-order valence-corrected chi connectivity index (χ0v) is 14.4. The summed E-state index contributed by atoms with van der Waals surface area (Å²) in [4.78, 5) is 17.7. The summed E-state index contributed by atoms with van der Waals surface area (Å²) < 4.78 is 5.01. The third kappa shape index (κ3) is 2.88. The van der Waals surface area contributed by atoms with Crippen molar-refractivity contribution in [3.63, 3.8) is 0 Å². The lowest BCUT2D eigenvalue weighted by Gasteiger charge is -2.05. The minimum Gasteiger partial charge on any atom is -0.481 e. The number of carbonyl (C=O) groups is 1. The Bertz CT molecular complexity index is 905. The fourth-order valence-corrected chi connectivity index (χ4v) is 3.33. The summed E-state index contributed by atoms with van der Waals surface area (Å²) in [5, 5.41) is 11.9. The molecule has 0 unspecified atom stereocenters.